The summed E-state index contributed by atoms with van der Waals surface area (Å²) in [6, 6.07) is 8.76. The van der Waals surface area contributed by atoms with Crippen LogP contribution in [0.3, 0.4) is 0 Å². The van der Waals surface area contributed by atoms with Crippen LogP contribution in [0.2, 0.25) is 0 Å². The first-order valence-electron chi connectivity index (χ1n) is 9.19. The van der Waals surface area contributed by atoms with E-state index in [1.165, 1.54) is 11.3 Å². The summed E-state index contributed by atoms with van der Waals surface area (Å²) >= 11 is 1.36. The number of ether oxygens (including phenoxy) is 1. The van der Waals surface area contributed by atoms with Gasteiger partial charge in [0.1, 0.15) is 11.5 Å². The quantitative estimate of drug-likeness (QED) is 0.588. The zero-order valence-corrected chi connectivity index (χ0v) is 18.6. The second-order valence-electron chi connectivity index (χ2n) is 6.90. The van der Waals surface area contributed by atoms with E-state index in [-0.39, 0.29) is 0 Å². The summed E-state index contributed by atoms with van der Waals surface area (Å²) in [5.41, 5.74) is 3.99. The predicted molar refractivity (Wildman–Crippen MR) is 119 cm³/mol. The number of aromatic nitrogens is 3. The fourth-order valence-corrected chi connectivity index (χ4v) is 4.43. The molecule has 0 saturated heterocycles. The Hall–Kier alpha value is -3.15. The number of hydrogen-bond donors (Lipinski definition) is 1. The van der Waals surface area contributed by atoms with Crippen molar-refractivity contribution in [2.24, 2.45) is 9.98 Å². The molecule has 0 fully saturated rings. The number of aryl methyl sites for hydroxylation is 2. The van der Waals surface area contributed by atoms with Crippen LogP contribution < -0.4 is 4.74 Å². The molecule has 0 radical (unpaired) electrons. The number of aliphatic imine (C=N–C) groups is 2. The van der Waals surface area contributed by atoms with Crippen LogP contribution in [0.4, 0.5) is 0 Å². The highest BCUT2D eigenvalue weighted by atomic mass is 32.2. The van der Waals surface area contributed by atoms with Crippen molar-refractivity contribution in [1.82, 2.24) is 14.8 Å². The fraction of sp³-hybridized carbons (Fsp3) is 0.200. The molecule has 4 rings (SSSR count). The Morgan fingerprint density at radius 2 is 2.03 bits per heavy atom. The van der Waals surface area contributed by atoms with E-state index in [9.17, 15) is 13.0 Å². The van der Waals surface area contributed by atoms with Crippen LogP contribution in [0.1, 0.15) is 27.4 Å². The van der Waals surface area contributed by atoms with E-state index in [0.29, 0.717) is 33.7 Å². The van der Waals surface area contributed by atoms with Crippen molar-refractivity contribution in [1.29, 1.82) is 0 Å². The van der Waals surface area contributed by atoms with E-state index in [0.717, 1.165) is 16.3 Å². The van der Waals surface area contributed by atoms with E-state index in [1.54, 1.807) is 36.2 Å². The van der Waals surface area contributed by atoms with Crippen molar-refractivity contribution in [3.05, 3.63) is 69.6 Å². The second-order valence-corrected chi connectivity index (χ2v) is 9.38. The minimum atomic E-state index is -4.15. The topological polar surface area (TPSA) is 119 Å². The summed E-state index contributed by atoms with van der Waals surface area (Å²) < 4.78 is 38.6. The minimum absolute atomic E-state index is 0.406. The van der Waals surface area contributed by atoms with E-state index in [4.69, 9.17) is 4.74 Å². The van der Waals surface area contributed by atoms with Gasteiger partial charge in [-0.05, 0) is 37.6 Å². The van der Waals surface area contributed by atoms with Gasteiger partial charge in [0.05, 0.1) is 23.4 Å². The molecule has 31 heavy (non-hydrogen) atoms. The number of allylic oxidation sites excluding steroid dienone is 1. The first-order valence-corrected chi connectivity index (χ1v) is 11.6. The molecule has 0 saturated carbocycles. The Morgan fingerprint density at radius 3 is 2.68 bits per heavy atom. The minimum Gasteiger partial charge on any atom is -0.473 e. The first kappa shape index (κ1) is 21.1. The summed E-state index contributed by atoms with van der Waals surface area (Å²) in [6.07, 6.45) is 3.52. The Bertz CT molecular complexity index is 1350. The van der Waals surface area contributed by atoms with E-state index >= 15 is 0 Å². The molecule has 0 atom stereocenters. The van der Waals surface area contributed by atoms with Gasteiger partial charge in [-0.1, -0.05) is 29.5 Å². The molecule has 1 aliphatic heterocycles. The Balaban J connectivity index is 1.80. The van der Waals surface area contributed by atoms with Crippen LogP contribution in [0.5, 0.6) is 5.19 Å². The van der Waals surface area contributed by atoms with Crippen LogP contribution in [-0.2, 0) is 15.9 Å². The van der Waals surface area contributed by atoms with Gasteiger partial charge in [0.15, 0.2) is 0 Å². The fourth-order valence-electron chi connectivity index (χ4n) is 3.17. The predicted octanol–water partition coefficient (Wildman–Crippen LogP) is 3.10. The van der Waals surface area contributed by atoms with Crippen LogP contribution in [0, 0.1) is 13.8 Å². The summed E-state index contributed by atoms with van der Waals surface area (Å²) in [5.74, 6) is -0.0757. The average molecular weight is 458 g/mol. The maximum absolute atomic E-state index is 11.3. The van der Waals surface area contributed by atoms with Crippen LogP contribution in [0.15, 0.2) is 52.2 Å². The number of hydrogen-bond acceptors (Lipinski definition) is 8. The standard InChI is InChI=1S/C20H19N5O4S2/c1-12-7-13(2)25(24-12)19-22-17(9-16-10-21-20(29-3)30-16)18(23-19)15-6-4-5-14(8-15)11-31(26,27)28/h4-10H,11H2,1-3H3,(H,26,27,28). The molecule has 2 aromatic heterocycles. The first-order chi connectivity index (χ1) is 14.7. The molecule has 0 amide bonds. The van der Waals surface area contributed by atoms with Crippen molar-refractivity contribution >= 4 is 39.2 Å². The van der Waals surface area contributed by atoms with Crippen LogP contribution in [0.25, 0.3) is 6.08 Å². The zero-order valence-electron chi connectivity index (χ0n) is 17.0. The van der Waals surface area contributed by atoms with Crippen molar-refractivity contribution in [2.45, 2.75) is 19.6 Å². The number of nitrogens with zero attached hydrogens (tertiary/aromatic N) is 5. The third kappa shape index (κ3) is 4.79. The summed E-state index contributed by atoms with van der Waals surface area (Å²) in [5, 5.41) is 4.98. The van der Waals surface area contributed by atoms with Crippen molar-refractivity contribution in [3.63, 3.8) is 0 Å². The molecule has 3 heterocycles. The van der Waals surface area contributed by atoms with Gasteiger partial charge >= 0.3 is 0 Å². The lowest BCUT2D eigenvalue weighted by molar-refractivity contribution is 0.412. The van der Waals surface area contributed by atoms with E-state index in [1.807, 2.05) is 32.1 Å². The number of benzene rings is 1. The summed E-state index contributed by atoms with van der Waals surface area (Å²) in [6.45, 7) is 3.81. The average Bonchev–Trinajstić information content (AvgIpc) is 3.39. The van der Waals surface area contributed by atoms with Crippen LogP contribution in [-0.4, -0.2) is 46.5 Å². The molecule has 160 valence electrons. The molecular formula is C20H19N5O4S2. The van der Waals surface area contributed by atoms with Gasteiger partial charge in [-0.25, -0.2) is 19.7 Å². The van der Waals surface area contributed by atoms with Gasteiger partial charge in [0, 0.05) is 17.5 Å². The highest BCUT2D eigenvalue weighted by Crippen LogP contribution is 2.27. The summed E-state index contributed by atoms with van der Waals surface area (Å²) in [7, 11) is -2.60. The number of methoxy groups -OCH3 is 1. The zero-order chi connectivity index (χ0) is 22.2. The molecule has 0 spiro atoms. The molecule has 3 aromatic rings. The van der Waals surface area contributed by atoms with Crippen molar-refractivity contribution in [3.8, 4) is 5.19 Å². The molecule has 0 unspecified atom stereocenters. The van der Waals surface area contributed by atoms with Gasteiger partial charge in [0.25, 0.3) is 21.3 Å². The lowest BCUT2D eigenvalue weighted by atomic mass is 10.0. The molecule has 1 N–H and O–H groups in total. The Kier molecular flexibility index (Phi) is 5.56. The monoisotopic (exact) mass is 457 g/mol. The molecule has 11 heteroatoms. The van der Waals surface area contributed by atoms with Gasteiger partial charge < -0.3 is 4.74 Å². The Morgan fingerprint density at radius 1 is 1.23 bits per heavy atom. The van der Waals surface area contributed by atoms with Gasteiger partial charge in [0.2, 0.25) is 0 Å². The van der Waals surface area contributed by atoms with E-state index < -0.39 is 15.9 Å². The van der Waals surface area contributed by atoms with Gasteiger partial charge in [-0.2, -0.15) is 13.5 Å². The SMILES string of the molecule is COc1ncc(C=C2N=C(n3nc(C)cc3C)N=C2c2cccc(CS(=O)(=O)O)c2)s1. The van der Waals surface area contributed by atoms with Crippen LogP contribution >= 0.6 is 11.3 Å². The number of thiazole rings is 1. The van der Waals surface area contributed by atoms with Gasteiger partial charge in [-0.3, -0.25) is 4.55 Å². The lowest BCUT2D eigenvalue weighted by Gasteiger charge is -2.05. The largest absolute Gasteiger partial charge is 0.473 e. The van der Waals surface area contributed by atoms with Crippen molar-refractivity contribution in [2.75, 3.05) is 7.11 Å². The molecular weight excluding hydrogens is 438 g/mol. The highest BCUT2D eigenvalue weighted by Gasteiger charge is 2.22. The molecule has 1 aliphatic rings. The molecule has 1 aromatic carbocycles. The van der Waals surface area contributed by atoms with E-state index in [2.05, 4.69) is 20.1 Å². The maximum atomic E-state index is 11.3. The molecule has 0 bridgehead atoms. The second kappa shape index (κ2) is 8.17. The molecule has 0 aliphatic carbocycles. The third-order valence-corrected chi connectivity index (χ3v) is 5.98. The van der Waals surface area contributed by atoms with Gasteiger partial charge in [-0.15, -0.1) is 0 Å². The smallest absolute Gasteiger partial charge is 0.273 e. The Labute approximate surface area is 183 Å². The third-order valence-electron chi connectivity index (χ3n) is 4.38. The lowest BCUT2D eigenvalue weighted by Crippen LogP contribution is -2.11. The number of rotatable bonds is 5. The normalized spacial score (nSPS) is 15.3. The highest BCUT2D eigenvalue weighted by molar-refractivity contribution is 7.85. The van der Waals surface area contributed by atoms with Crippen molar-refractivity contribution < 1.29 is 17.7 Å². The maximum Gasteiger partial charge on any atom is 0.273 e. The molecule has 9 nitrogen and oxygen atoms in total. The summed E-state index contributed by atoms with van der Waals surface area (Å²) in [4.78, 5) is 14.4.